The molecule has 3 fully saturated rings. The van der Waals surface area contributed by atoms with E-state index < -0.39 is 0 Å². The van der Waals surface area contributed by atoms with E-state index in [9.17, 15) is 9.59 Å². The molecule has 180 valence electrons. The van der Waals surface area contributed by atoms with E-state index in [2.05, 4.69) is 45.0 Å². The van der Waals surface area contributed by atoms with Crippen molar-refractivity contribution in [2.45, 2.75) is 83.6 Å². The molecule has 33 heavy (non-hydrogen) atoms. The van der Waals surface area contributed by atoms with Crippen LogP contribution in [0.25, 0.3) is 0 Å². The van der Waals surface area contributed by atoms with Crippen LogP contribution in [0.4, 0.5) is 4.79 Å². The molecular weight excluding hydrogens is 412 g/mol. The fourth-order valence-corrected chi connectivity index (χ4v) is 7.51. The van der Waals surface area contributed by atoms with Crippen molar-refractivity contribution in [3.8, 4) is 5.75 Å². The zero-order valence-corrected chi connectivity index (χ0v) is 20.9. The minimum absolute atomic E-state index is 0.0816. The molecule has 0 bridgehead atoms. The number of benzene rings is 1. The van der Waals surface area contributed by atoms with Crippen molar-refractivity contribution < 1.29 is 14.3 Å². The van der Waals surface area contributed by atoms with Crippen LogP contribution in [0.1, 0.15) is 81.4 Å². The summed E-state index contributed by atoms with van der Waals surface area (Å²) in [5, 5.41) is 0. The number of piperidine rings is 1. The topological polar surface area (TPSA) is 49.9 Å². The summed E-state index contributed by atoms with van der Waals surface area (Å²) < 4.78 is 6.00. The molecule has 1 saturated heterocycles. The Labute approximate surface area is 198 Å². The zero-order chi connectivity index (χ0) is 23.3. The number of rotatable bonds is 3. The van der Waals surface area contributed by atoms with Crippen LogP contribution in [0.5, 0.6) is 5.75 Å². The van der Waals surface area contributed by atoms with Crippen molar-refractivity contribution in [2.24, 2.45) is 17.3 Å². The highest BCUT2D eigenvalue weighted by molar-refractivity contribution is 5.87. The van der Waals surface area contributed by atoms with Crippen molar-refractivity contribution in [1.29, 1.82) is 0 Å². The Kier molecular flexibility index (Phi) is 6.05. The number of ketones is 1. The van der Waals surface area contributed by atoms with E-state index in [1.54, 1.807) is 0 Å². The number of hydrogen-bond donors (Lipinski definition) is 0. The van der Waals surface area contributed by atoms with Gasteiger partial charge in [-0.3, -0.25) is 4.79 Å². The highest BCUT2D eigenvalue weighted by atomic mass is 16.6. The number of nitrogens with zero attached hydrogens (tertiary/aromatic N) is 2. The second kappa shape index (κ2) is 8.72. The molecule has 0 aromatic heterocycles. The lowest BCUT2D eigenvalue weighted by Crippen LogP contribution is -2.45. The highest BCUT2D eigenvalue weighted by Gasteiger charge is 2.54. The Morgan fingerprint density at radius 1 is 1.12 bits per heavy atom. The molecular formula is C28H40N2O3. The minimum Gasteiger partial charge on any atom is -0.410 e. The van der Waals surface area contributed by atoms with Gasteiger partial charge in [-0.1, -0.05) is 19.9 Å². The molecule has 5 rings (SSSR count). The lowest BCUT2D eigenvalue weighted by Gasteiger charge is -2.48. The Balaban J connectivity index is 1.34. The molecule has 0 radical (unpaired) electrons. The molecule has 1 aromatic carbocycles. The number of carbonyl (C=O) groups excluding carboxylic acids is 2. The molecule has 4 unspecified atom stereocenters. The molecule has 0 N–H and O–H groups in total. The number of ether oxygens (including phenoxy) is 1. The van der Waals surface area contributed by atoms with E-state index in [0.717, 1.165) is 82.2 Å². The Morgan fingerprint density at radius 2 is 1.88 bits per heavy atom. The van der Waals surface area contributed by atoms with Crippen molar-refractivity contribution in [2.75, 3.05) is 27.2 Å². The van der Waals surface area contributed by atoms with Crippen LogP contribution < -0.4 is 4.74 Å². The lowest BCUT2D eigenvalue weighted by molar-refractivity contribution is -0.129. The van der Waals surface area contributed by atoms with Gasteiger partial charge in [0.1, 0.15) is 11.5 Å². The fraction of sp³-hybridized carbons (Fsp3) is 0.714. The largest absolute Gasteiger partial charge is 0.415 e. The van der Waals surface area contributed by atoms with Crippen molar-refractivity contribution in [1.82, 2.24) is 9.80 Å². The van der Waals surface area contributed by atoms with E-state index in [1.807, 2.05) is 4.90 Å². The third kappa shape index (κ3) is 3.90. The molecule has 1 aromatic rings. The summed E-state index contributed by atoms with van der Waals surface area (Å²) in [6.45, 7) is 5.91. The van der Waals surface area contributed by atoms with Crippen LogP contribution in [-0.4, -0.2) is 54.9 Å². The number of likely N-dealkylation sites (tertiary alicyclic amines) is 1. The van der Waals surface area contributed by atoms with Crippen LogP contribution in [0.3, 0.4) is 0 Å². The standard InChI is InChI=1S/C28H40N2O3/c1-5-18-16-23-19(6-7-22-21(23)10-13-28(2)24(22)8-9-26(28)31)17-25(18)33-27(32)30-14-11-20(12-15-30)29(3)4/h16-17,20-22,24H,5-15H2,1-4H3. The van der Waals surface area contributed by atoms with Crippen molar-refractivity contribution in [3.63, 3.8) is 0 Å². The predicted molar refractivity (Wildman–Crippen MR) is 130 cm³/mol. The number of carbonyl (C=O) groups is 2. The maximum atomic E-state index is 13.0. The van der Waals surface area contributed by atoms with E-state index in [0.29, 0.717) is 29.6 Å². The summed E-state index contributed by atoms with van der Waals surface area (Å²) in [5.41, 5.74) is 3.88. The van der Waals surface area contributed by atoms with Crippen LogP contribution in [0.15, 0.2) is 12.1 Å². The summed E-state index contributed by atoms with van der Waals surface area (Å²) >= 11 is 0. The van der Waals surface area contributed by atoms with E-state index in [4.69, 9.17) is 4.74 Å². The first-order valence-corrected chi connectivity index (χ1v) is 13.1. The average molecular weight is 453 g/mol. The van der Waals surface area contributed by atoms with Gasteiger partial charge in [0.2, 0.25) is 0 Å². The van der Waals surface area contributed by atoms with E-state index in [-0.39, 0.29) is 11.5 Å². The van der Waals surface area contributed by atoms with Gasteiger partial charge in [-0.25, -0.2) is 4.79 Å². The molecule has 3 aliphatic carbocycles. The molecule has 2 saturated carbocycles. The van der Waals surface area contributed by atoms with Crippen molar-refractivity contribution in [3.05, 3.63) is 28.8 Å². The fourth-order valence-electron chi connectivity index (χ4n) is 7.51. The molecule has 1 aliphatic heterocycles. The Bertz CT molecular complexity index is 933. The predicted octanol–water partition coefficient (Wildman–Crippen LogP) is 5.20. The van der Waals surface area contributed by atoms with Gasteiger partial charge in [0, 0.05) is 31.0 Å². The quantitative estimate of drug-likeness (QED) is 0.633. The maximum Gasteiger partial charge on any atom is 0.415 e. The number of fused-ring (bicyclic) bond motifs is 5. The Hall–Kier alpha value is -1.88. The zero-order valence-electron chi connectivity index (χ0n) is 20.9. The summed E-state index contributed by atoms with van der Waals surface area (Å²) in [7, 11) is 4.22. The van der Waals surface area contributed by atoms with Gasteiger partial charge in [-0.15, -0.1) is 0 Å². The molecule has 1 amide bonds. The van der Waals surface area contributed by atoms with Gasteiger partial charge in [-0.2, -0.15) is 0 Å². The van der Waals surface area contributed by atoms with Gasteiger partial charge in [0.15, 0.2) is 0 Å². The molecule has 1 heterocycles. The smallest absolute Gasteiger partial charge is 0.410 e. The first kappa shape index (κ1) is 22.9. The first-order chi connectivity index (χ1) is 15.8. The van der Waals surface area contributed by atoms with Crippen LogP contribution in [-0.2, 0) is 17.6 Å². The first-order valence-electron chi connectivity index (χ1n) is 13.1. The van der Waals surface area contributed by atoms with Gasteiger partial charge in [0.05, 0.1) is 0 Å². The SMILES string of the molecule is CCc1cc2c(cc1OC(=O)N1CCC(N(C)C)CC1)CCC1C2CCC2(C)C(=O)CCC12. The normalized spacial score (nSPS) is 31.8. The second-order valence-corrected chi connectivity index (χ2v) is 11.4. The Morgan fingerprint density at radius 3 is 2.58 bits per heavy atom. The summed E-state index contributed by atoms with van der Waals surface area (Å²) in [5.74, 6) is 2.98. The number of Topliss-reactive ketones (excluding diaryl/α,β-unsaturated/α-hetero) is 1. The van der Waals surface area contributed by atoms with Gasteiger partial charge in [0.25, 0.3) is 0 Å². The van der Waals surface area contributed by atoms with Crippen LogP contribution >= 0.6 is 0 Å². The minimum atomic E-state index is -0.201. The third-order valence-electron chi connectivity index (χ3n) is 9.65. The number of amides is 1. The molecule has 5 heteroatoms. The number of aryl methyl sites for hydroxylation is 2. The lowest BCUT2D eigenvalue weighted by atomic mass is 9.55. The monoisotopic (exact) mass is 452 g/mol. The molecule has 5 nitrogen and oxygen atoms in total. The second-order valence-electron chi connectivity index (χ2n) is 11.4. The van der Waals surface area contributed by atoms with Crippen molar-refractivity contribution >= 4 is 11.9 Å². The maximum absolute atomic E-state index is 13.0. The third-order valence-corrected chi connectivity index (χ3v) is 9.65. The van der Waals surface area contributed by atoms with Crippen LogP contribution in [0.2, 0.25) is 0 Å². The molecule has 0 spiro atoms. The average Bonchev–Trinajstić information content (AvgIpc) is 3.12. The highest BCUT2D eigenvalue weighted by Crippen LogP contribution is 2.59. The van der Waals surface area contributed by atoms with Gasteiger partial charge >= 0.3 is 6.09 Å². The van der Waals surface area contributed by atoms with E-state index in [1.165, 1.54) is 11.1 Å². The molecule has 4 atom stereocenters. The molecule has 4 aliphatic rings. The van der Waals surface area contributed by atoms with Crippen LogP contribution in [0, 0.1) is 17.3 Å². The van der Waals surface area contributed by atoms with Gasteiger partial charge in [-0.05, 0) is 106 Å². The summed E-state index contributed by atoms with van der Waals surface area (Å²) in [6.07, 6.45) is 8.82. The van der Waals surface area contributed by atoms with E-state index >= 15 is 0 Å². The summed E-state index contributed by atoms with van der Waals surface area (Å²) in [6, 6.07) is 5.05. The summed E-state index contributed by atoms with van der Waals surface area (Å²) in [4.78, 5) is 29.7. The number of hydrogen-bond acceptors (Lipinski definition) is 4. The van der Waals surface area contributed by atoms with Gasteiger partial charge < -0.3 is 14.5 Å².